The fourth-order valence-corrected chi connectivity index (χ4v) is 3.46. The van der Waals surface area contributed by atoms with Gasteiger partial charge >= 0.3 is 5.97 Å². The van der Waals surface area contributed by atoms with Crippen molar-refractivity contribution in [1.29, 1.82) is 0 Å². The topological polar surface area (TPSA) is 64.7 Å². The quantitative estimate of drug-likeness (QED) is 0.364. The molecule has 0 bridgehead atoms. The Morgan fingerprint density at radius 3 is 2.52 bits per heavy atom. The molecule has 1 aromatic heterocycles. The molecule has 0 saturated carbocycles. The van der Waals surface area contributed by atoms with Crippen LogP contribution in [0, 0.1) is 6.92 Å². The van der Waals surface area contributed by atoms with Crippen molar-refractivity contribution in [2.45, 2.75) is 6.92 Å². The summed E-state index contributed by atoms with van der Waals surface area (Å²) < 4.78 is 10.9. The van der Waals surface area contributed by atoms with E-state index in [-0.39, 0.29) is 11.6 Å². The second-order valence-corrected chi connectivity index (χ2v) is 6.73. The van der Waals surface area contributed by atoms with E-state index in [1.807, 2.05) is 72.8 Å². The Morgan fingerprint density at radius 2 is 1.66 bits per heavy atom. The van der Waals surface area contributed by atoms with Crippen LogP contribution in [0.25, 0.3) is 28.1 Å². The van der Waals surface area contributed by atoms with E-state index in [1.54, 1.807) is 13.0 Å². The third kappa shape index (κ3) is 3.02. The Hall–Kier alpha value is -3.99. The summed E-state index contributed by atoms with van der Waals surface area (Å²) in [6, 6.07) is 23.5. The fourth-order valence-electron chi connectivity index (χ4n) is 3.46. The first kappa shape index (κ1) is 17.1. The number of carbonyl (C=O) groups excluding carboxylic acids is 1. The van der Waals surface area contributed by atoms with Crippen LogP contribution in [0.15, 0.2) is 88.0 Å². The summed E-state index contributed by atoms with van der Waals surface area (Å²) in [4.78, 5) is 17.0. The highest BCUT2D eigenvalue weighted by atomic mass is 16.6. The van der Waals surface area contributed by atoms with Gasteiger partial charge in [0.2, 0.25) is 5.90 Å². The Morgan fingerprint density at radius 1 is 0.897 bits per heavy atom. The number of benzene rings is 3. The largest absolute Gasteiger partial charge is 0.402 e. The molecule has 0 N–H and O–H groups in total. The minimum atomic E-state index is -0.493. The monoisotopic (exact) mass is 380 g/mol. The van der Waals surface area contributed by atoms with Crippen molar-refractivity contribution >= 4 is 28.7 Å². The van der Waals surface area contributed by atoms with Crippen molar-refractivity contribution in [2.24, 2.45) is 4.99 Å². The van der Waals surface area contributed by atoms with Gasteiger partial charge in [0.1, 0.15) is 17.0 Å². The van der Waals surface area contributed by atoms with Crippen molar-refractivity contribution in [2.75, 3.05) is 0 Å². The number of aliphatic imine (C=N–C) groups is 1. The number of cyclic esters (lactones) is 1. The van der Waals surface area contributed by atoms with Gasteiger partial charge in [0.25, 0.3) is 0 Å². The van der Waals surface area contributed by atoms with Crippen molar-refractivity contribution in [3.63, 3.8) is 0 Å². The maximum absolute atomic E-state index is 12.5. The molecule has 2 heterocycles. The molecule has 5 heteroatoms. The summed E-state index contributed by atoms with van der Waals surface area (Å²) in [5.74, 6) is 0.258. The van der Waals surface area contributed by atoms with Gasteiger partial charge in [0, 0.05) is 5.56 Å². The van der Waals surface area contributed by atoms with E-state index < -0.39 is 5.97 Å². The molecule has 4 aromatic rings. The average Bonchev–Trinajstić information content (AvgIpc) is 3.31. The molecule has 5 nitrogen and oxygen atoms in total. The smallest absolute Gasteiger partial charge is 0.363 e. The van der Waals surface area contributed by atoms with Crippen LogP contribution in [0.1, 0.15) is 16.9 Å². The molecule has 140 valence electrons. The summed E-state index contributed by atoms with van der Waals surface area (Å²) in [5, 5.41) is 6.28. The second kappa shape index (κ2) is 6.87. The molecule has 0 radical (unpaired) electrons. The zero-order valence-corrected chi connectivity index (χ0v) is 15.6. The van der Waals surface area contributed by atoms with Gasteiger partial charge in [-0.25, -0.2) is 9.79 Å². The molecule has 0 fully saturated rings. The highest BCUT2D eigenvalue weighted by Crippen LogP contribution is 2.30. The number of carbonyl (C=O) groups is 1. The highest BCUT2D eigenvalue weighted by molar-refractivity contribution is 6.15. The maximum Gasteiger partial charge on any atom is 0.363 e. The first-order valence-corrected chi connectivity index (χ1v) is 9.23. The van der Waals surface area contributed by atoms with Gasteiger partial charge < -0.3 is 9.26 Å². The van der Waals surface area contributed by atoms with E-state index in [1.165, 1.54) is 0 Å². The number of rotatable bonds is 3. The third-order valence-corrected chi connectivity index (χ3v) is 4.86. The fraction of sp³-hybridized carbons (Fsp3) is 0.0417. The SMILES string of the molecule is Cc1onc(-c2ccccc2)c1C1=N/C(=C/c2cccc3ccccc23)C(=O)O1. The minimum absolute atomic E-state index is 0.207. The molecular weight excluding hydrogens is 364 g/mol. The lowest BCUT2D eigenvalue weighted by Gasteiger charge is -2.01. The van der Waals surface area contributed by atoms with Crippen molar-refractivity contribution in [1.82, 2.24) is 5.16 Å². The van der Waals surface area contributed by atoms with Gasteiger partial charge in [-0.15, -0.1) is 0 Å². The molecule has 1 aliphatic heterocycles. The number of fused-ring (bicyclic) bond motifs is 1. The predicted octanol–water partition coefficient (Wildman–Crippen LogP) is 5.15. The van der Waals surface area contributed by atoms with E-state index in [9.17, 15) is 4.79 Å². The van der Waals surface area contributed by atoms with Gasteiger partial charge in [-0.05, 0) is 29.3 Å². The summed E-state index contributed by atoms with van der Waals surface area (Å²) in [6.45, 7) is 1.78. The summed E-state index contributed by atoms with van der Waals surface area (Å²) >= 11 is 0. The number of aromatic nitrogens is 1. The average molecular weight is 380 g/mol. The van der Waals surface area contributed by atoms with Gasteiger partial charge in [-0.3, -0.25) is 0 Å². The van der Waals surface area contributed by atoms with Crippen LogP contribution in [0.4, 0.5) is 0 Å². The van der Waals surface area contributed by atoms with Crippen LogP contribution in [-0.2, 0) is 9.53 Å². The Bertz CT molecular complexity index is 1290. The van der Waals surface area contributed by atoms with E-state index >= 15 is 0 Å². The number of ether oxygens (including phenoxy) is 1. The third-order valence-electron chi connectivity index (χ3n) is 4.86. The van der Waals surface area contributed by atoms with Gasteiger partial charge in [0.05, 0.1) is 0 Å². The zero-order valence-electron chi connectivity index (χ0n) is 15.6. The van der Waals surface area contributed by atoms with Crippen molar-refractivity contribution in [3.8, 4) is 11.3 Å². The Labute approximate surface area is 166 Å². The lowest BCUT2D eigenvalue weighted by atomic mass is 10.0. The summed E-state index contributed by atoms with van der Waals surface area (Å²) in [5.41, 5.74) is 3.21. The minimum Gasteiger partial charge on any atom is -0.402 e. The lowest BCUT2D eigenvalue weighted by molar-refractivity contribution is -0.129. The molecule has 0 aliphatic carbocycles. The number of esters is 1. The van der Waals surface area contributed by atoms with Gasteiger partial charge in [0.15, 0.2) is 5.70 Å². The first-order valence-electron chi connectivity index (χ1n) is 9.23. The molecule has 0 amide bonds. The molecule has 0 atom stereocenters. The second-order valence-electron chi connectivity index (χ2n) is 6.73. The molecular formula is C24H16N2O3. The number of aryl methyl sites for hydroxylation is 1. The number of nitrogens with zero attached hydrogens (tertiary/aromatic N) is 2. The maximum atomic E-state index is 12.5. The number of hydrogen-bond acceptors (Lipinski definition) is 5. The normalized spacial score (nSPS) is 15.0. The van der Waals surface area contributed by atoms with Crippen LogP contribution in [0.5, 0.6) is 0 Å². The molecule has 1 aliphatic rings. The molecule has 3 aromatic carbocycles. The van der Waals surface area contributed by atoms with Crippen LogP contribution in [0.3, 0.4) is 0 Å². The first-order chi connectivity index (χ1) is 14.2. The molecule has 0 saturated heterocycles. The van der Waals surface area contributed by atoms with E-state index in [2.05, 4.69) is 10.1 Å². The van der Waals surface area contributed by atoms with Crippen molar-refractivity contribution < 1.29 is 14.1 Å². The van der Waals surface area contributed by atoms with E-state index in [4.69, 9.17) is 9.26 Å². The van der Waals surface area contributed by atoms with Crippen LogP contribution < -0.4 is 0 Å². The molecule has 0 unspecified atom stereocenters. The van der Waals surface area contributed by atoms with E-state index in [0.29, 0.717) is 17.0 Å². The van der Waals surface area contributed by atoms with Crippen LogP contribution in [-0.4, -0.2) is 17.0 Å². The summed E-state index contributed by atoms with van der Waals surface area (Å²) in [7, 11) is 0. The van der Waals surface area contributed by atoms with Crippen LogP contribution in [0.2, 0.25) is 0 Å². The molecule has 0 spiro atoms. The Balaban J connectivity index is 1.60. The van der Waals surface area contributed by atoms with Crippen molar-refractivity contribution in [3.05, 3.63) is 95.4 Å². The number of hydrogen-bond donors (Lipinski definition) is 0. The lowest BCUT2D eigenvalue weighted by Crippen LogP contribution is -2.07. The van der Waals surface area contributed by atoms with E-state index in [0.717, 1.165) is 21.9 Å². The predicted molar refractivity (Wildman–Crippen MR) is 111 cm³/mol. The standard InChI is InChI=1S/C24H16N2O3/c1-15-21(22(26-29-15)17-9-3-2-4-10-17)23-25-20(24(27)28-23)14-18-12-7-11-16-8-5-6-13-19(16)18/h2-14H,1H3/b20-14+. The molecule has 29 heavy (non-hydrogen) atoms. The highest BCUT2D eigenvalue weighted by Gasteiger charge is 2.30. The Kier molecular flexibility index (Phi) is 4.06. The van der Waals surface area contributed by atoms with Crippen LogP contribution >= 0.6 is 0 Å². The van der Waals surface area contributed by atoms with Gasteiger partial charge in [-0.1, -0.05) is 78.0 Å². The molecule has 5 rings (SSSR count). The van der Waals surface area contributed by atoms with Gasteiger partial charge in [-0.2, -0.15) is 0 Å². The summed E-state index contributed by atoms with van der Waals surface area (Å²) in [6.07, 6.45) is 1.75. The zero-order chi connectivity index (χ0) is 19.8.